The van der Waals surface area contributed by atoms with Gasteiger partial charge in [0.15, 0.2) is 11.6 Å². The molecule has 0 saturated heterocycles. The summed E-state index contributed by atoms with van der Waals surface area (Å²) in [4.78, 5) is 32.5. The number of aliphatic hydroxyl groups is 1. The molecule has 3 N–H and O–H groups in total. The molecule has 4 aromatic heterocycles. The van der Waals surface area contributed by atoms with Crippen molar-refractivity contribution in [3.63, 3.8) is 0 Å². The lowest BCUT2D eigenvalue weighted by molar-refractivity contribution is 0.0782. The molecule has 4 aromatic rings. The van der Waals surface area contributed by atoms with Gasteiger partial charge >= 0.3 is 0 Å². The average Bonchev–Trinajstić information content (AvgIpc) is 3.38. The zero-order valence-electron chi connectivity index (χ0n) is 20.5. The molecule has 36 heavy (non-hydrogen) atoms. The SMILES string of the molecule is CCNC(=O)c1cc2c(-c3sc(C(C)(C)O)c(F)c3OCc3ncc(F)cc3C)cn(C)c(=O)c2[nH]1. The molecular formula is C25H26F2N4O4S. The van der Waals surface area contributed by atoms with Crippen molar-refractivity contribution in [3.8, 4) is 16.2 Å². The van der Waals surface area contributed by atoms with Crippen LogP contribution in [0, 0.1) is 18.6 Å². The first-order valence-corrected chi connectivity index (χ1v) is 12.0. The first-order valence-electron chi connectivity index (χ1n) is 11.2. The number of aromatic nitrogens is 3. The van der Waals surface area contributed by atoms with Gasteiger partial charge in [0.05, 0.1) is 27.2 Å². The fourth-order valence-corrected chi connectivity index (χ4v) is 5.00. The third-order valence-corrected chi connectivity index (χ3v) is 7.15. The Bertz CT molecular complexity index is 1530. The summed E-state index contributed by atoms with van der Waals surface area (Å²) in [5, 5.41) is 13.7. The van der Waals surface area contributed by atoms with Gasteiger partial charge in [-0.15, -0.1) is 11.3 Å². The van der Waals surface area contributed by atoms with E-state index in [-0.39, 0.29) is 39.9 Å². The lowest BCUT2D eigenvalue weighted by Crippen LogP contribution is -2.23. The van der Waals surface area contributed by atoms with E-state index < -0.39 is 17.2 Å². The summed E-state index contributed by atoms with van der Waals surface area (Å²) in [6.45, 7) is 6.62. The molecule has 0 aliphatic rings. The number of H-pyrrole nitrogens is 1. The van der Waals surface area contributed by atoms with E-state index in [2.05, 4.69) is 15.3 Å². The van der Waals surface area contributed by atoms with Gasteiger partial charge in [-0.2, -0.15) is 0 Å². The number of amides is 1. The number of thiophene rings is 1. The topological polar surface area (TPSA) is 109 Å². The number of halogens is 2. The van der Waals surface area contributed by atoms with Gasteiger partial charge in [0.25, 0.3) is 11.5 Å². The van der Waals surface area contributed by atoms with Crippen molar-refractivity contribution < 1.29 is 23.4 Å². The van der Waals surface area contributed by atoms with Crippen LogP contribution in [0.25, 0.3) is 21.3 Å². The molecule has 8 nitrogen and oxygen atoms in total. The maximum Gasteiger partial charge on any atom is 0.274 e. The zero-order chi connectivity index (χ0) is 26.4. The molecule has 0 spiro atoms. The zero-order valence-corrected chi connectivity index (χ0v) is 21.3. The van der Waals surface area contributed by atoms with Crippen LogP contribution in [0.4, 0.5) is 8.78 Å². The normalized spacial score (nSPS) is 11.8. The van der Waals surface area contributed by atoms with Crippen LogP contribution in [-0.2, 0) is 19.3 Å². The third kappa shape index (κ3) is 4.63. The van der Waals surface area contributed by atoms with E-state index >= 15 is 4.39 Å². The van der Waals surface area contributed by atoms with Gasteiger partial charge in [-0.1, -0.05) is 0 Å². The quantitative estimate of drug-likeness (QED) is 0.342. The van der Waals surface area contributed by atoms with Crippen LogP contribution in [0.5, 0.6) is 5.75 Å². The molecular weight excluding hydrogens is 490 g/mol. The molecule has 1 amide bonds. The van der Waals surface area contributed by atoms with Gasteiger partial charge in [-0.3, -0.25) is 14.6 Å². The minimum atomic E-state index is -1.51. The molecule has 0 radical (unpaired) electrons. The standard InChI is InChI=1S/C25H26F2N4O4S/c1-6-28-23(32)16-8-14-15(10-31(5)24(33)19(14)30-16)21-20(18(27)22(36-21)25(3,4)34)35-11-17-12(2)7-13(26)9-29-17/h7-10,30,34H,6,11H2,1-5H3,(H,28,32). The van der Waals surface area contributed by atoms with Crippen LogP contribution in [0.3, 0.4) is 0 Å². The Morgan fingerprint density at radius 3 is 2.69 bits per heavy atom. The molecule has 0 bridgehead atoms. The third-order valence-electron chi connectivity index (χ3n) is 5.66. The highest BCUT2D eigenvalue weighted by atomic mass is 32.1. The van der Waals surface area contributed by atoms with Crippen molar-refractivity contribution in [2.24, 2.45) is 7.05 Å². The van der Waals surface area contributed by atoms with E-state index in [1.165, 1.54) is 36.7 Å². The number of hydrogen-bond acceptors (Lipinski definition) is 6. The molecule has 11 heteroatoms. The molecule has 0 aliphatic heterocycles. The van der Waals surface area contributed by atoms with E-state index in [4.69, 9.17) is 4.74 Å². The Morgan fingerprint density at radius 2 is 2.06 bits per heavy atom. The smallest absolute Gasteiger partial charge is 0.274 e. The van der Waals surface area contributed by atoms with Crippen LogP contribution in [-0.4, -0.2) is 32.1 Å². The lowest BCUT2D eigenvalue weighted by atomic mass is 10.1. The van der Waals surface area contributed by atoms with E-state index in [1.54, 1.807) is 20.9 Å². The van der Waals surface area contributed by atoms with Gasteiger partial charge < -0.3 is 24.7 Å². The van der Waals surface area contributed by atoms with Crippen molar-refractivity contribution in [2.75, 3.05) is 6.54 Å². The molecule has 0 aliphatic carbocycles. The summed E-state index contributed by atoms with van der Waals surface area (Å²) in [5.41, 5.74) is -0.115. The number of rotatable bonds is 7. The second kappa shape index (κ2) is 9.47. The summed E-state index contributed by atoms with van der Waals surface area (Å²) in [6.07, 6.45) is 2.59. The number of nitrogens with one attached hydrogen (secondary N) is 2. The number of carbonyl (C=O) groups is 1. The highest BCUT2D eigenvalue weighted by Crippen LogP contribution is 2.47. The number of hydrogen-bond donors (Lipinski definition) is 3. The highest BCUT2D eigenvalue weighted by molar-refractivity contribution is 7.16. The number of carbonyl (C=O) groups excluding carboxylic acids is 1. The largest absolute Gasteiger partial charge is 0.483 e. The summed E-state index contributed by atoms with van der Waals surface area (Å²) in [7, 11) is 1.55. The Balaban J connectivity index is 1.91. The molecule has 4 rings (SSSR count). The monoisotopic (exact) mass is 516 g/mol. The molecule has 0 atom stereocenters. The number of ether oxygens (including phenoxy) is 1. The second-order valence-corrected chi connectivity index (χ2v) is 9.98. The van der Waals surface area contributed by atoms with Crippen LogP contribution in [0.2, 0.25) is 0 Å². The Hall–Kier alpha value is -3.57. The Labute approximate surface area is 209 Å². The van der Waals surface area contributed by atoms with Crippen molar-refractivity contribution in [3.05, 3.63) is 68.3 Å². The fraction of sp³-hybridized carbons (Fsp3) is 0.320. The maximum atomic E-state index is 15.7. The van der Waals surface area contributed by atoms with Gasteiger partial charge in [-0.25, -0.2) is 8.78 Å². The second-order valence-electron chi connectivity index (χ2n) is 8.96. The van der Waals surface area contributed by atoms with Crippen LogP contribution in [0.1, 0.15) is 47.4 Å². The fourth-order valence-electron chi connectivity index (χ4n) is 3.85. The lowest BCUT2D eigenvalue weighted by Gasteiger charge is -2.14. The minimum Gasteiger partial charge on any atom is -0.483 e. The predicted octanol–water partition coefficient (Wildman–Crippen LogP) is 4.13. The summed E-state index contributed by atoms with van der Waals surface area (Å²) < 4.78 is 36.3. The first-order chi connectivity index (χ1) is 16.9. The summed E-state index contributed by atoms with van der Waals surface area (Å²) in [5.74, 6) is -1.76. The molecule has 0 saturated carbocycles. The van der Waals surface area contributed by atoms with Crippen molar-refractivity contribution in [1.82, 2.24) is 19.9 Å². The molecule has 0 unspecified atom stereocenters. The highest BCUT2D eigenvalue weighted by Gasteiger charge is 2.31. The number of aryl methyl sites for hydroxylation is 2. The molecule has 190 valence electrons. The van der Waals surface area contributed by atoms with Gasteiger partial charge in [0.2, 0.25) is 0 Å². The average molecular weight is 517 g/mol. The summed E-state index contributed by atoms with van der Waals surface area (Å²) in [6, 6.07) is 2.84. The first kappa shape index (κ1) is 25.5. The van der Waals surface area contributed by atoms with Gasteiger partial charge in [-0.05, 0) is 45.4 Å². The van der Waals surface area contributed by atoms with Crippen molar-refractivity contribution in [1.29, 1.82) is 0 Å². The van der Waals surface area contributed by atoms with Crippen molar-refractivity contribution >= 4 is 28.1 Å². The maximum absolute atomic E-state index is 15.7. The van der Waals surface area contributed by atoms with E-state index in [9.17, 15) is 19.1 Å². The number of pyridine rings is 2. The minimum absolute atomic E-state index is 0.0396. The molecule has 0 fully saturated rings. The van der Waals surface area contributed by atoms with Gasteiger partial charge in [0.1, 0.15) is 23.6 Å². The van der Waals surface area contributed by atoms with E-state index in [0.29, 0.717) is 33.6 Å². The van der Waals surface area contributed by atoms with Crippen LogP contribution in [0.15, 0.2) is 29.3 Å². The predicted molar refractivity (Wildman–Crippen MR) is 133 cm³/mol. The van der Waals surface area contributed by atoms with Gasteiger partial charge in [0, 0.05) is 30.7 Å². The van der Waals surface area contributed by atoms with E-state index in [1.807, 2.05) is 0 Å². The number of nitrogens with zero attached hydrogens (tertiary/aromatic N) is 2. The molecule has 0 aromatic carbocycles. The molecule has 4 heterocycles. The number of fused-ring (bicyclic) bond motifs is 1. The Kier molecular flexibility index (Phi) is 6.72. The Morgan fingerprint density at radius 1 is 1.33 bits per heavy atom. The van der Waals surface area contributed by atoms with Crippen LogP contribution >= 0.6 is 11.3 Å². The number of aromatic amines is 1. The van der Waals surface area contributed by atoms with Crippen LogP contribution < -0.4 is 15.6 Å². The van der Waals surface area contributed by atoms with Crippen molar-refractivity contribution in [2.45, 2.75) is 39.9 Å². The summed E-state index contributed by atoms with van der Waals surface area (Å²) >= 11 is 0.985. The van der Waals surface area contributed by atoms with E-state index in [0.717, 1.165) is 17.5 Å².